The Bertz CT molecular complexity index is 398. The molecule has 0 spiro atoms. The van der Waals surface area contributed by atoms with Gasteiger partial charge >= 0.3 is 6.03 Å². The van der Waals surface area contributed by atoms with Gasteiger partial charge in [0.15, 0.2) is 0 Å². The molecular weight excluding hydrogens is 267 g/mol. The molecule has 16 heavy (non-hydrogen) atoms. The van der Waals surface area contributed by atoms with Gasteiger partial charge in [-0.3, -0.25) is 0 Å². The smallest absolute Gasteiger partial charge is 0.332 e. The normalized spacial score (nSPS) is 10.4. The van der Waals surface area contributed by atoms with E-state index in [1.54, 1.807) is 18.2 Å². The van der Waals surface area contributed by atoms with E-state index in [9.17, 15) is 4.79 Å². The average molecular weight is 279 g/mol. The third-order valence-corrected chi connectivity index (χ3v) is 2.90. The second kappa shape index (κ2) is 5.66. The molecule has 0 aromatic heterocycles. The summed E-state index contributed by atoms with van der Waals surface area (Å²) in [6.07, 6.45) is 0. The monoisotopic (exact) mass is 278 g/mol. The summed E-state index contributed by atoms with van der Waals surface area (Å²) in [4.78, 5) is 11.6. The molecule has 0 saturated carbocycles. The molecule has 6 heteroatoms. The van der Waals surface area contributed by atoms with Crippen molar-refractivity contribution in [1.82, 2.24) is 5.32 Å². The van der Waals surface area contributed by atoms with Crippen LogP contribution in [0.5, 0.6) is 0 Å². The second-order valence-corrected chi connectivity index (χ2v) is 4.73. The van der Waals surface area contributed by atoms with Gasteiger partial charge in [0.2, 0.25) is 0 Å². The van der Waals surface area contributed by atoms with Gasteiger partial charge in [-0.05, 0) is 32.0 Å². The Morgan fingerprint density at radius 2 is 2.00 bits per heavy atom. The summed E-state index contributed by atoms with van der Waals surface area (Å²) in [6.45, 7) is 3.74. The minimum absolute atomic E-state index is 0.0462. The van der Waals surface area contributed by atoms with Crippen LogP contribution in [-0.2, 0) is 0 Å². The molecule has 0 aliphatic rings. The SMILES string of the molecule is CC(C)NC(=O)N(S)c1ccc(Cl)c(Cl)c1. The van der Waals surface area contributed by atoms with Gasteiger partial charge in [0.25, 0.3) is 0 Å². The lowest BCUT2D eigenvalue weighted by molar-refractivity contribution is 0.248. The number of nitrogens with zero attached hydrogens (tertiary/aromatic N) is 1. The number of amides is 2. The topological polar surface area (TPSA) is 32.3 Å². The van der Waals surface area contributed by atoms with Crippen molar-refractivity contribution >= 4 is 47.7 Å². The zero-order chi connectivity index (χ0) is 12.3. The Kier molecular flexibility index (Phi) is 4.77. The van der Waals surface area contributed by atoms with Crippen LogP contribution in [0.1, 0.15) is 13.8 Å². The maximum Gasteiger partial charge on any atom is 0.332 e. The Balaban J connectivity index is 2.83. The fraction of sp³-hybridized carbons (Fsp3) is 0.300. The fourth-order valence-corrected chi connectivity index (χ4v) is 1.52. The molecule has 0 saturated heterocycles. The Labute approximate surface area is 110 Å². The van der Waals surface area contributed by atoms with Crippen molar-refractivity contribution in [3.8, 4) is 0 Å². The molecule has 0 fully saturated rings. The fourth-order valence-electron chi connectivity index (χ4n) is 1.04. The van der Waals surface area contributed by atoms with Crippen LogP contribution in [0.25, 0.3) is 0 Å². The largest absolute Gasteiger partial charge is 0.335 e. The number of thiol groups is 1. The van der Waals surface area contributed by atoms with Gasteiger partial charge in [0.05, 0.1) is 15.7 Å². The average Bonchev–Trinajstić information content (AvgIpc) is 2.20. The van der Waals surface area contributed by atoms with Gasteiger partial charge in [-0.2, -0.15) is 0 Å². The number of benzene rings is 1. The van der Waals surface area contributed by atoms with E-state index in [0.29, 0.717) is 15.7 Å². The van der Waals surface area contributed by atoms with Crippen molar-refractivity contribution in [3.05, 3.63) is 28.2 Å². The number of rotatable bonds is 2. The highest BCUT2D eigenvalue weighted by Crippen LogP contribution is 2.27. The molecule has 0 radical (unpaired) electrons. The lowest BCUT2D eigenvalue weighted by atomic mass is 10.3. The Hall–Kier alpha value is -0.580. The van der Waals surface area contributed by atoms with Crippen LogP contribution in [0.15, 0.2) is 18.2 Å². The van der Waals surface area contributed by atoms with E-state index in [1.807, 2.05) is 13.8 Å². The number of carbonyl (C=O) groups is 1. The first-order valence-corrected chi connectivity index (χ1v) is 5.82. The molecule has 0 unspecified atom stereocenters. The van der Waals surface area contributed by atoms with Crippen molar-refractivity contribution in [2.45, 2.75) is 19.9 Å². The minimum Gasteiger partial charge on any atom is -0.335 e. The summed E-state index contributed by atoms with van der Waals surface area (Å²) >= 11 is 15.7. The molecule has 1 aromatic rings. The van der Waals surface area contributed by atoms with Crippen LogP contribution in [0.4, 0.5) is 10.5 Å². The third kappa shape index (κ3) is 3.47. The first-order valence-electron chi connectivity index (χ1n) is 4.66. The molecule has 1 rings (SSSR count). The van der Waals surface area contributed by atoms with E-state index < -0.39 is 0 Å². The molecule has 88 valence electrons. The predicted octanol–water partition coefficient (Wildman–Crippen LogP) is 3.76. The standard InChI is InChI=1S/C10H12Cl2N2OS/c1-6(2)13-10(15)14(16)7-3-4-8(11)9(12)5-7/h3-6,16H,1-2H3,(H,13,15). The van der Waals surface area contributed by atoms with Crippen molar-refractivity contribution in [1.29, 1.82) is 0 Å². The summed E-state index contributed by atoms with van der Waals surface area (Å²) in [5.41, 5.74) is 0.566. The first kappa shape index (κ1) is 13.5. The number of halogens is 2. The molecular formula is C10H12Cl2N2OS. The Morgan fingerprint density at radius 1 is 1.38 bits per heavy atom. The van der Waals surface area contributed by atoms with Crippen molar-refractivity contribution in [3.63, 3.8) is 0 Å². The summed E-state index contributed by atoms with van der Waals surface area (Å²) in [6, 6.07) is 4.60. The number of hydrogen-bond acceptors (Lipinski definition) is 2. The van der Waals surface area contributed by atoms with Crippen molar-refractivity contribution in [2.75, 3.05) is 4.31 Å². The molecule has 0 aliphatic heterocycles. The minimum atomic E-state index is -0.309. The number of carbonyl (C=O) groups excluding carboxylic acids is 1. The zero-order valence-electron chi connectivity index (χ0n) is 8.87. The molecule has 1 N–H and O–H groups in total. The molecule has 1 aromatic carbocycles. The van der Waals surface area contributed by atoms with Crippen LogP contribution in [0, 0.1) is 0 Å². The predicted molar refractivity (Wildman–Crippen MR) is 71.6 cm³/mol. The maximum absolute atomic E-state index is 11.6. The van der Waals surface area contributed by atoms with Gasteiger partial charge in [-0.15, -0.1) is 0 Å². The summed E-state index contributed by atoms with van der Waals surface area (Å²) in [5.74, 6) is 0. The third-order valence-electron chi connectivity index (χ3n) is 1.75. The van der Waals surface area contributed by atoms with Crippen LogP contribution in [-0.4, -0.2) is 12.1 Å². The molecule has 3 nitrogen and oxygen atoms in total. The lowest BCUT2D eigenvalue weighted by Gasteiger charge is -2.18. The highest BCUT2D eigenvalue weighted by Gasteiger charge is 2.13. The first-order chi connectivity index (χ1) is 7.41. The van der Waals surface area contributed by atoms with E-state index in [1.165, 1.54) is 4.31 Å². The van der Waals surface area contributed by atoms with Gasteiger partial charge in [0, 0.05) is 6.04 Å². The van der Waals surface area contributed by atoms with Gasteiger partial charge in [-0.25, -0.2) is 9.10 Å². The summed E-state index contributed by atoms with van der Waals surface area (Å²) in [7, 11) is 0. The summed E-state index contributed by atoms with van der Waals surface area (Å²) < 4.78 is 1.18. The van der Waals surface area contributed by atoms with E-state index in [2.05, 4.69) is 18.1 Å². The van der Waals surface area contributed by atoms with E-state index in [4.69, 9.17) is 23.2 Å². The molecule has 0 atom stereocenters. The van der Waals surface area contributed by atoms with Crippen LogP contribution < -0.4 is 9.62 Å². The molecule has 0 aliphatic carbocycles. The second-order valence-electron chi connectivity index (χ2n) is 3.51. The van der Waals surface area contributed by atoms with E-state index in [-0.39, 0.29) is 12.1 Å². The van der Waals surface area contributed by atoms with Crippen LogP contribution in [0.3, 0.4) is 0 Å². The quantitative estimate of drug-likeness (QED) is 0.794. The molecule has 0 heterocycles. The number of hydrogen-bond donors (Lipinski definition) is 2. The van der Waals surface area contributed by atoms with E-state index >= 15 is 0 Å². The maximum atomic E-state index is 11.6. The highest BCUT2D eigenvalue weighted by molar-refractivity contribution is 7.82. The van der Waals surface area contributed by atoms with Crippen LogP contribution in [0.2, 0.25) is 10.0 Å². The Morgan fingerprint density at radius 3 is 2.50 bits per heavy atom. The van der Waals surface area contributed by atoms with Gasteiger partial charge in [-0.1, -0.05) is 36.0 Å². The van der Waals surface area contributed by atoms with Gasteiger partial charge in [0.1, 0.15) is 0 Å². The molecule has 0 bridgehead atoms. The zero-order valence-corrected chi connectivity index (χ0v) is 11.3. The number of nitrogens with one attached hydrogen (secondary N) is 1. The lowest BCUT2D eigenvalue weighted by Crippen LogP contribution is -2.38. The van der Waals surface area contributed by atoms with Gasteiger partial charge < -0.3 is 5.32 Å². The highest BCUT2D eigenvalue weighted by atomic mass is 35.5. The van der Waals surface area contributed by atoms with Crippen molar-refractivity contribution < 1.29 is 4.79 Å². The number of anilines is 1. The van der Waals surface area contributed by atoms with Crippen molar-refractivity contribution in [2.24, 2.45) is 0 Å². The summed E-state index contributed by atoms with van der Waals surface area (Å²) in [5, 5.41) is 3.54. The number of urea groups is 1. The molecule has 2 amide bonds. The van der Waals surface area contributed by atoms with E-state index in [0.717, 1.165) is 0 Å². The van der Waals surface area contributed by atoms with Crippen LogP contribution >= 0.6 is 36.0 Å².